The molecule has 2 heterocycles. The Labute approximate surface area is 156 Å². The van der Waals surface area contributed by atoms with Crippen LogP contribution in [0, 0.1) is 12.7 Å². The van der Waals surface area contributed by atoms with Crippen molar-refractivity contribution in [3.8, 4) is 0 Å². The first-order valence-corrected chi connectivity index (χ1v) is 8.71. The fraction of sp³-hybridized carbons (Fsp3) is 0.389. The summed E-state index contributed by atoms with van der Waals surface area (Å²) in [6, 6.07) is 7.33. The molecule has 1 aliphatic rings. The van der Waals surface area contributed by atoms with Crippen LogP contribution in [-0.2, 0) is 9.59 Å². The lowest BCUT2D eigenvalue weighted by molar-refractivity contribution is -0.120. The van der Waals surface area contributed by atoms with Crippen LogP contribution in [0.5, 0.6) is 0 Å². The molecule has 0 saturated carbocycles. The SMILES string of the molecule is Cc1cc(NC(=O)CN2CCN(CC(=O)Nc3ccc(F)cc3)CC2)on1. The maximum atomic E-state index is 12.9. The Balaban J connectivity index is 1.37. The van der Waals surface area contributed by atoms with Crippen molar-refractivity contribution in [2.45, 2.75) is 6.92 Å². The lowest BCUT2D eigenvalue weighted by atomic mass is 10.3. The third kappa shape index (κ3) is 5.87. The van der Waals surface area contributed by atoms with Crippen LogP contribution < -0.4 is 10.6 Å². The third-order valence-corrected chi connectivity index (χ3v) is 4.22. The van der Waals surface area contributed by atoms with Crippen molar-refractivity contribution in [2.24, 2.45) is 0 Å². The summed E-state index contributed by atoms with van der Waals surface area (Å²) in [5.41, 5.74) is 1.28. The largest absolute Gasteiger partial charge is 0.338 e. The van der Waals surface area contributed by atoms with Crippen molar-refractivity contribution in [2.75, 3.05) is 49.9 Å². The number of hydrogen-bond acceptors (Lipinski definition) is 6. The quantitative estimate of drug-likeness (QED) is 0.791. The topological polar surface area (TPSA) is 90.7 Å². The predicted octanol–water partition coefficient (Wildman–Crippen LogP) is 1.32. The Bertz CT molecular complexity index is 785. The maximum Gasteiger partial charge on any atom is 0.240 e. The summed E-state index contributed by atoms with van der Waals surface area (Å²) in [6.07, 6.45) is 0. The number of amides is 2. The molecule has 1 aromatic carbocycles. The normalized spacial score (nSPS) is 15.5. The van der Waals surface area contributed by atoms with Gasteiger partial charge in [-0.05, 0) is 31.2 Å². The number of carbonyl (C=O) groups is 2. The van der Waals surface area contributed by atoms with E-state index in [1.54, 1.807) is 13.0 Å². The minimum absolute atomic E-state index is 0.145. The molecule has 1 aromatic heterocycles. The fourth-order valence-electron chi connectivity index (χ4n) is 2.84. The summed E-state index contributed by atoms with van der Waals surface area (Å²) in [4.78, 5) is 28.2. The lowest BCUT2D eigenvalue weighted by Crippen LogP contribution is -2.50. The zero-order valence-electron chi connectivity index (χ0n) is 15.1. The molecule has 9 heteroatoms. The standard InChI is InChI=1S/C18H22FN5O3/c1-13-10-18(27-22-13)21-17(26)12-24-8-6-23(7-9-24)11-16(25)20-15-4-2-14(19)3-5-15/h2-5,10H,6-9,11-12H2,1H3,(H,20,25)(H,21,26). The number of nitrogens with one attached hydrogen (secondary N) is 2. The Hall–Kier alpha value is -2.78. The molecule has 0 aliphatic carbocycles. The summed E-state index contributed by atoms with van der Waals surface area (Å²) >= 11 is 0. The van der Waals surface area contributed by atoms with Crippen molar-refractivity contribution >= 4 is 23.4 Å². The molecule has 1 aliphatic heterocycles. The number of nitrogens with zero attached hydrogens (tertiary/aromatic N) is 3. The molecular weight excluding hydrogens is 353 g/mol. The summed E-state index contributed by atoms with van der Waals surface area (Å²) in [7, 11) is 0. The van der Waals surface area contributed by atoms with E-state index in [-0.39, 0.29) is 30.7 Å². The molecule has 0 bridgehead atoms. The highest BCUT2D eigenvalue weighted by molar-refractivity contribution is 5.92. The van der Waals surface area contributed by atoms with E-state index in [9.17, 15) is 14.0 Å². The maximum absolute atomic E-state index is 12.9. The van der Waals surface area contributed by atoms with E-state index in [2.05, 4.69) is 15.8 Å². The van der Waals surface area contributed by atoms with Crippen LogP contribution in [0.4, 0.5) is 16.0 Å². The number of halogens is 1. The molecule has 0 radical (unpaired) electrons. The summed E-state index contributed by atoms with van der Waals surface area (Å²) in [6.45, 7) is 5.05. The van der Waals surface area contributed by atoms with Crippen molar-refractivity contribution in [1.29, 1.82) is 0 Å². The van der Waals surface area contributed by atoms with Crippen LogP contribution in [0.2, 0.25) is 0 Å². The second-order valence-corrected chi connectivity index (χ2v) is 6.49. The van der Waals surface area contributed by atoms with E-state index in [1.165, 1.54) is 24.3 Å². The highest BCUT2D eigenvalue weighted by Crippen LogP contribution is 2.10. The zero-order valence-corrected chi connectivity index (χ0v) is 15.1. The van der Waals surface area contributed by atoms with Crippen molar-refractivity contribution in [3.63, 3.8) is 0 Å². The molecule has 144 valence electrons. The van der Waals surface area contributed by atoms with Gasteiger partial charge in [-0.2, -0.15) is 0 Å². The molecule has 0 unspecified atom stereocenters. The van der Waals surface area contributed by atoms with Crippen molar-refractivity contribution in [1.82, 2.24) is 15.0 Å². The number of piperazine rings is 1. The minimum Gasteiger partial charge on any atom is -0.338 e. The highest BCUT2D eigenvalue weighted by atomic mass is 19.1. The van der Waals surface area contributed by atoms with Gasteiger partial charge in [-0.25, -0.2) is 4.39 Å². The van der Waals surface area contributed by atoms with Crippen LogP contribution in [0.25, 0.3) is 0 Å². The molecule has 1 saturated heterocycles. The number of hydrogen-bond donors (Lipinski definition) is 2. The van der Waals surface area contributed by atoms with Gasteiger partial charge in [0.2, 0.25) is 17.7 Å². The van der Waals surface area contributed by atoms with Crippen molar-refractivity contribution in [3.05, 3.63) is 41.8 Å². The first kappa shape index (κ1) is 19.0. The van der Waals surface area contributed by atoms with Crippen molar-refractivity contribution < 1.29 is 18.5 Å². The number of carbonyl (C=O) groups excluding carboxylic acids is 2. The minimum atomic E-state index is -0.341. The molecule has 0 spiro atoms. The van der Waals surface area contributed by atoms with Gasteiger partial charge in [0.25, 0.3) is 0 Å². The number of anilines is 2. The molecule has 1 fully saturated rings. The second-order valence-electron chi connectivity index (χ2n) is 6.49. The van der Waals surface area contributed by atoms with Gasteiger partial charge in [0.1, 0.15) is 5.82 Å². The molecular formula is C18H22FN5O3. The van der Waals surface area contributed by atoms with E-state index < -0.39 is 0 Å². The lowest BCUT2D eigenvalue weighted by Gasteiger charge is -2.33. The Morgan fingerprint density at radius 1 is 1.04 bits per heavy atom. The third-order valence-electron chi connectivity index (χ3n) is 4.22. The fourth-order valence-corrected chi connectivity index (χ4v) is 2.84. The molecule has 3 rings (SSSR count). The molecule has 8 nitrogen and oxygen atoms in total. The highest BCUT2D eigenvalue weighted by Gasteiger charge is 2.21. The number of aromatic nitrogens is 1. The van der Waals surface area contributed by atoms with E-state index in [4.69, 9.17) is 4.52 Å². The summed E-state index contributed by atoms with van der Waals surface area (Å²) < 4.78 is 17.9. The van der Waals surface area contributed by atoms with Crippen LogP contribution in [0.15, 0.2) is 34.9 Å². The monoisotopic (exact) mass is 375 g/mol. The number of aryl methyl sites for hydroxylation is 1. The number of rotatable bonds is 6. The predicted molar refractivity (Wildman–Crippen MR) is 97.8 cm³/mol. The number of benzene rings is 1. The van der Waals surface area contributed by atoms with Gasteiger partial charge in [0.15, 0.2) is 0 Å². The summed E-state index contributed by atoms with van der Waals surface area (Å²) in [5.74, 6) is -0.303. The first-order valence-electron chi connectivity index (χ1n) is 8.71. The van der Waals surface area contributed by atoms with E-state index in [0.717, 1.165) is 0 Å². The summed E-state index contributed by atoms with van der Waals surface area (Å²) in [5, 5.41) is 9.14. The smallest absolute Gasteiger partial charge is 0.240 e. The zero-order chi connectivity index (χ0) is 19.2. The van der Waals surface area contributed by atoms with Crippen LogP contribution >= 0.6 is 0 Å². The first-order chi connectivity index (χ1) is 13.0. The Kier molecular flexibility index (Phi) is 6.15. The molecule has 0 atom stereocenters. The van der Waals surface area contributed by atoms with Crippen LogP contribution in [0.3, 0.4) is 0 Å². The van der Waals surface area contributed by atoms with Gasteiger partial charge in [-0.15, -0.1) is 0 Å². The van der Waals surface area contributed by atoms with Gasteiger partial charge >= 0.3 is 0 Å². The average Bonchev–Trinajstić information content (AvgIpc) is 3.03. The van der Waals surface area contributed by atoms with Gasteiger partial charge in [0.05, 0.1) is 18.8 Å². The average molecular weight is 375 g/mol. The molecule has 27 heavy (non-hydrogen) atoms. The molecule has 2 aromatic rings. The van der Waals surface area contributed by atoms with Gasteiger partial charge in [0, 0.05) is 37.9 Å². The van der Waals surface area contributed by atoms with Crippen LogP contribution in [0.1, 0.15) is 5.69 Å². The van der Waals surface area contributed by atoms with E-state index >= 15 is 0 Å². The van der Waals surface area contributed by atoms with E-state index in [0.29, 0.717) is 43.4 Å². The van der Waals surface area contributed by atoms with E-state index in [1.807, 2.05) is 9.80 Å². The molecule has 2 amide bonds. The molecule has 2 N–H and O–H groups in total. The Morgan fingerprint density at radius 2 is 1.59 bits per heavy atom. The van der Waals surface area contributed by atoms with Gasteiger partial charge < -0.3 is 9.84 Å². The Morgan fingerprint density at radius 3 is 2.11 bits per heavy atom. The van der Waals surface area contributed by atoms with Crippen LogP contribution in [-0.4, -0.2) is 66.0 Å². The van der Waals surface area contributed by atoms with Gasteiger partial charge in [-0.3, -0.25) is 24.7 Å². The second kappa shape index (κ2) is 8.74. The van der Waals surface area contributed by atoms with Gasteiger partial charge in [-0.1, -0.05) is 5.16 Å².